The fraction of sp³-hybridized carbons (Fsp3) is 0.571. The van der Waals surface area contributed by atoms with E-state index in [0.717, 1.165) is 12.2 Å². The second kappa shape index (κ2) is 7.09. The highest BCUT2D eigenvalue weighted by Crippen LogP contribution is 2.19. The predicted octanol–water partition coefficient (Wildman–Crippen LogP) is 1.24. The summed E-state index contributed by atoms with van der Waals surface area (Å²) >= 11 is 0. The van der Waals surface area contributed by atoms with Crippen LogP contribution in [0.5, 0.6) is 5.75 Å². The van der Waals surface area contributed by atoms with Crippen molar-refractivity contribution in [3.63, 3.8) is 0 Å². The molecule has 2 rings (SSSR count). The lowest BCUT2D eigenvalue weighted by molar-refractivity contribution is -0.121. The Hall–Kier alpha value is -1.62. The number of carbonyl (C=O) groups is 1. The highest BCUT2D eigenvalue weighted by atomic mass is 16.5. The van der Waals surface area contributed by atoms with Crippen LogP contribution in [0.2, 0.25) is 0 Å². The minimum absolute atomic E-state index is 0.0145. The maximum absolute atomic E-state index is 11.2. The number of rotatable bonds is 8. The lowest BCUT2D eigenvalue weighted by Gasteiger charge is -2.07. The summed E-state index contributed by atoms with van der Waals surface area (Å²) in [5.41, 5.74) is 1.02. The van der Waals surface area contributed by atoms with E-state index in [0.29, 0.717) is 31.4 Å². The Bertz CT molecular complexity index is 402. The molecule has 5 heteroatoms. The third-order valence-electron chi connectivity index (χ3n) is 2.92. The zero-order valence-electron chi connectivity index (χ0n) is 11.3. The number of pyridine rings is 1. The molecule has 0 atom stereocenters. The number of hydrogen-bond acceptors (Lipinski definition) is 4. The highest BCUT2D eigenvalue weighted by molar-refractivity contribution is 5.75. The van der Waals surface area contributed by atoms with Crippen LogP contribution in [-0.2, 0) is 11.3 Å². The maximum atomic E-state index is 11.2. The molecule has 19 heavy (non-hydrogen) atoms. The third-order valence-corrected chi connectivity index (χ3v) is 2.92. The number of aromatic nitrogens is 1. The summed E-state index contributed by atoms with van der Waals surface area (Å²) in [6.07, 6.45) is 4.64. The van der Waals surface area contributed by atoms with Gasteiger partial charge in [0.2, 0.25) is 5.91 Å². The molecule has 0 aliphatic heterocycles. The van der Waals surface area contributed by atoms with Gasteiger partial charge in [-0.15, -0.1) is 0 Å². The molecule has 2 N–H and O–H groups in total. The lowest BCUT2D eigenvalue weighted by Crippen LogP contribution is -2.24. The number of carbonyl (C=O) groups excluding carboxylic acids is 1. The summed E-state index contributed by atoms with van der Waals surface area (Å²) < 4.78 is 5.47. The van der Waals surface area contributed by atoms with Crippen LogP contribution in [0, 0.1) is 0 Å². The molecular formula is C14H21N3O2. The molecule has 1 aliphatic carbocycles. The zero-order chi connectivity index (χ0) is 13.5. The van der Waals surface area contributed by atoms with E-state index >= 15 is 0 Å². The van der Waals surface area contributed by atoms with E-state index < -0.39 is 0 Å². The number of ether oxygens (including phenoxy) is 1. The summed E-state index contributed by atoms with van der Waals surface area (Å²) in [5.74, 6) is 0.722. The Balaban J connectivity index is 1.67. The van der Waals surface area contributed by atoms with Crippen LogP contribution < -0.4 is 15.4 Å². The molecule has 0 bridgehead atoms. The van der Waals surface area contributed by atoms with E-state index in [1.807, 2.05) is 19.1 Å². The van der Waals surface area contributed by atoms with Crippen molar-refractivity contribution in [2.75, 3.05) is 13.2 Å². The minimum Gasteiger partial charge on any atom is -0.491 e. The molecular weight excluding hydrogens is 242 g/mol. The second-order valence-corrected chi connectivity index (χ2v) is 4.69. The molecule has 0 radical (unpaired) electrons. The van der Waals surface area contributed by atoms with Gasteiger partial charge in [0.15, 0.2) is 0 Å². The lowest BCUT2D eigenvalue weighted by atomic mass is 10.3. The van der Waals surface area contributed by atoms with E-state index in [9.17, 15) is 4.79 Å². The minimum atomic E-state index is 0.0145. The van der Waals surface area contributed by atoms with E-state index in [-0.39, 0.29) is 5.91 Å². The van der Waals surface area contributed by atoms with Gasteiger partial charge >= 0.3 is 0 Å². The van der Waals surface area contributed by atoms with Crippen LogP contribution in [-0.4, -0.2) is 30.1 Å². The van der Waals surface area contributed by atoms with Gasteiger partial charge in [-0.05, 0) is 31.9 Å². The van der Waals surface area contributed by atoms with Gasteiger partial charge in [-0.1, -0.05) is 0 Å². The van der Waals surface area contributed by atoms with E-state index in [1.54, 1.807) is 6.20 Å². The van der Waals surface area contributed by atoms with Gasteiger partial charge in [0, 0.05) is 19.1 Å². The van der Waals surface area contributed by atoms with E-state index in [4.69, 9.17) is 4.74 Å². The number of nitrogens with one attached hydrogen (secondary N) is 2. The molecule has 0 unspecified atom stereocenters. The maximum Gasteiger partial charge on any atom is 0.223 e. The molecule has 1 fully saturated rings. The molecule has 1 aromatic rings. The largest absolute Gasteiger partial charge is 0.491 e. The Kier molecular flexibility index (Phi) is 5.15. The van der Waals surface area contributed by atoms with Gasteiger partial charge in [0.1, 0.15) is 5.75 Å². The first-order valence-electron chi connectivity index (χ1n) is 6.85. The molecule has 5 nitrogen and oxygen atoms in total. The van der Waals surface area contributed by atoms with Crippen molar-refractivity contribution in [3.8, 4) is 5.75 Å². The summed E-state index contributed by atoms with van der Waals surface area (Å²) in [7, 11) is 0. The van der Waals surface area contributed by atoms with Gasteiger partial charge in [0.05, 0.1) is 24.9 Å². The van der Waals surface area contributed by atoms with Crippen LogP contribution in [0.25, 0.3) is 0 Å². The smallest absolute Gasteiger partial charge is 0.223 e. The van der Waals surface area contributed by atoms with Crippen molar-refractivity contribution in [2.24, 2.45) is 0 Å². The molecule has 0 aromatic carbocycles. The van der Waals surface area contributed by atoms with Crippen LogP contribution in [0.4, 0.5) is 0 Å². The number of nitrogens with zero attached hydrogens (tertiary/aromatic N) is 1. The second-order valence-electron chi connectivity index (χ2n) is 4.69. The first-order chi connectivity index (χ1) is 9.28. The first-order valence-corrected chi connectivity index (χ1v) is 6.85. The fourth-order valence-corrected chi connectivity index (χ4v) is 1.68. The van der Waals surface area contributed by atoms with Crippen molar-refractivity contribution < 1.29 is 9.53 Å². The van der Waals surface area contributed by atoms with Crippen LogP contribution in [0.3, 0.4) is 0 Å². The molecule has 1 amide bonds. The third kappa shape index (κ3) is 5.26. The first kappa shape index (κ1) is 13.8. The number of hydrogen-bond donors (Lipinski definition) is 2. The average molecular weight is 263 g/mol. The summed E-state index contributed by atoms with van der Waals surface area (Å²) in [5, 5.41) is 6.14. The Morgan fingerprint density at radius 1 is 1.47 bits per heavy atom. The van der Waals surface area contributed by atoms with Crippen LogP contribution in [0.1, 0.15) is 31.9 Å². The van der Waals surface area contributed by atoms with Gasteiger partial charge in [-0.3, -0.25) is 9.78 Å². The monoisotopic (exact) mass is 263 g/mol. The zero-order valence-corrected chi connectivity index (χ0v) is 11.3. The van der Waals surface area contributed by atoms with Gasteiger partial charge < -0.3 is 15.4 Å². The molecule has 0 spiro atoms. The quantitative estimate of drug-likeness (QED) is 0.740. The SMILES string of the molecule is CCNC(=O)CCOc1ccc(CNC2CC2)nc1. The average Bonchev–Trinajstić information content (AvgIpc) is 3.22. The van der Waals surface area contributed by atoms with E-state index in [2.05, 4.69) is 15.6 Å². The Morgan fingerprint density at radius 3 is 2.95 bits per heavy atom. The van der Waals surface area contributed by atoms with Gasteiger partial charge in [-0.2, -0.15) is 0 Å². The van der Waals surface area contributed by atoms with Crippen molar-refractivity contribution in [2.45, 2.75) is 38.8 Å². The van der Waals surface area contributed by atoms with Gasteiger partial charge in [0.25, 0.3) is 0 Å². The molecule has 1 heterocycles. The topological polar surface area (TPSA) is 63.2 Å². The summed E-state index contributed by atoms with van der Waals surface area (Å²) in [6, 6.07) is 4.54. The summed E-state index contributed by atoms with van der Waals surface area (Å²) in [4.78, 5) is 15.6. The Labute approximate surface area is 113 Å². The predicted molar refractivity (Wildman–Crippen MR) is 72.9 cm³/mol. The standard InChI is InChI=1S/C14H21N3O2/c1-2-15-14(18)7-8-19-13-6-5-12(17-10-13)9-16-11-3-4-11/h5-6,10-11,16H,2-4,7-9H2,1H3,(H,15,18). The van der Waals surface area contributed by atoms with Crippen molar-refractivity contribution in [1.29, 1.82) is 0 Å². The van der Waals surface area contributed by atoms with Crippen LogP contribution >= 0.6 is 0 Å². The molecule has 0 saturated heterocycles. The molecule has 1 aromatic heterocycles. The Morgan fingerprint density at radius 2 is 2.32 bits per heavy atom. The molecule has 1 saturated carbocycles. The summed E-state index contributed by atoms with van der Waals surface area (Å²) in [6.45, 7) is 3.75. The van der Waals surface area contributed by atoms with E-state index in [1.165, 1.54) is 12.8 Å². The molecule has 104 valence electrons. The van der Waals surface area contributed by atoms with Crippen LogP contribution in [0.15, 0.2) is 18.3 Å². The van der Waals surface area contributed by atoms with Crippen molar-refractivity contribution in [1.82, 2.24) is 15.6 Å². The van der Waals surface area contributed by atoms with Crippen molar-refractivity contribution >= 4 is 5.91 Å². The van der Waals surface area contributed by atoms with Gasteiger partial charge in [-0.25, -0.2) is 0 Å². The van der Waals surface area contributed by atoms with Crippen molar-refractivity contribution in [3.05, 3.63) is 24.0 Å². The number of amides is 1. The molecule has 1 aliphatic rings. The highest BCUT2D eigenvalue weighted by Gasteiger charge is 2.19. The fourth-order valence-electron chi connectivity index (χ4n) is 1.68. The normalized spacial score (nSPS) is 14.2.